The van der Waals surface area contributed by atoms with E-state index in [4.69, 9.17) is 4.74 Å². The van der Waals surface area contributed by atoms with E-state index in [0.717, 1.165) is 24.6 Å². The predicted molar refractivity (Wildman–Crippen MR) is 119 cm³/mol. The second-order valence-corrected chi connectivity index (χ2v) is 7.12. The quantitative estimate of drug-likeness (QED) is 0.361. The molecule has 0 aliphatic carbocycles. The molecule has 6 nitrogen and oxygen atoms in total. The summed E-state index contributed by atoms with van der Waals surface area (Å²) in [5.41, 5.74) is 1.19. The first kappa shape index (κ1) is 23.0. The van der Waals surface area contributed by atoms with Crippen molar-refractivity contribution in [1.82, 2.24) is 20.5 Å². The number of likely N-dealkylation sites (tertiary alicyclic amines) is 1. The van der Waals surface area contributed by atoms with Crippen LogP contribution in [0.5, 0.6) is 5.88 Å². The zero-order chi connectivity index (χ0) is 18.1. The number of hydrogen-bond donors (Lipinski definition) is 2. The highest BCUT2D eigenvalue weighted by Crippen LogP contribution is 2.19. The number of aliphatic imine (C=N–C) groups is 1. The number of nitrogens with zero attached hydrogens (tertiary/aromatic N) is 3. The zero-order valence-electron chi connectivity index (χ0n) is 16.5. The Balaban J connectivity index is 0.00000338. The Bertz CT molecular complexity index is 541. The van der Waals surface area contributed by atoms with Crippen molar-refractivity contribution in [3.63, 3.8) is 0 Å². The van der Waals surface area contributed by atoms with E-state index in [2.05, 4.69) is 46.3 Å². The van der Waals surface area contributed by atoms with Gasteiger partial charge in [0.2, 0.25) is 5.88 Å². The monoisotopic (exact) mass is 475 g/mol. The lowest BCUT2D eigenvalue weighted by Crippen LogP contribution is -2.54. The molecule has 0 spiro atoms. The van der Waals surface area contributed by atoms with E-state index in [9.17, 15) is 0 Å². The minimum Gasteiger partial charge on any atom is -0.481 e. The Labute approximate surface area is 175 Å². The van der Waals surface area contributed by atoms with Gasteiger partial charge in [0.05, 0.1) is 13.7 Å². The maximum Gasteiger partial charge on any atom is 0.212 e. The van der Waals surface area contributed by atoms with E-state index >= 15 is 0 Å². The molecule has 0 saturated carbocycles. The number of halogens is 1. The molecule has 0 amide bonds. The molecule has 148 valence electrons. The highest BCUT2D eigenvalue weighted by atomic mass is 127. The van der Waals surface area contributed by atoms with Crippen LogP contribution in [0.1, 0.15) is 45.6 Å². The van der Waals surface area contributed by atoms with Crippen molar-refractivity contribution in [1.29, 1.82) is 0 Å². The van der Waals surface area contributed by atoms with Gasteiger partial charge in [-0.1, -0.05) is 12.5 Å². The molecule has 0 aromatic carbocycles. The molecule has 1 aromatic rings. The lowest BCUT2D eigenvalue weighted by Gasteiger charge is -2.41. The highest BCUT2D eigenvalue weighted by molar-refractivity contribution is 14.0. The molecule has 1 fully saturated rings. The number of methoxy groups -OCH3 is 1. The summed E-state index contributed by atoms with van der Waals surface area (Å²) in [7, 11) is 1.62. The van der Waals surface area contributed by atoms with Crippen LogP contribution in [0.3, 0.4) is 0 Å². The van der Waals surface area contributed by atoms with E-state index in [1.54, 1.807) is 7.11 Å². The van der Waals surface area contributed by atoms with Crippen molar-refractivity contribution in [2.45, 2.75) is 52.1 Å². The van der Waals surface area contributed by atoms with E-state index in [1.165, 1.54) is 32.4 Å². The molecule has 0 unspecified atom stereocenters. The van der Waals surface area contributed by atoms with Gasteiger partial charge in [-0.15, -0.1) is 24.0 Å². The number of hydrogen-bond acceptors (Lipinski definition) is 4. The van der Waals surface area contributed by atoms with Crippen molar-refractivity contribution in [3.05, 3.63) is 23.9 Å². The summed E-state index contributed by atoms with van der Waals surface area (Å²) in [6, 6.07) is 3.86. The van der Waals surface area contributed by atoms with E-state index in [1.807, 2.05) is 18.3 Å². The van der Waals surface area contributed by atoms with Crippen LogP contribution in [0, 0.1) is 0 Å². The third-order valence-corrected chi connectivity index (χ3v) is 4.67. The molecule has 0 bridgehead atoms. The van der Waals surface area contributed by atoms with Gasteiger partial charge in [-0.3, -0.25) is 4.90 Å². The summed E-state index contributed by atoms with van der Waals surface area (Å²) in [6.45, 7) is 11.4. The van der Waals surface area contributed by atoms with E-state index in [-0.39, 0.29) is 29.5 Å². The van der Waals surface area contributed by atoms with Crippen LogP contribution < -0.4 is 15.4 Å². The predicted octanol–water partition coefficient (Wildman–Crippen LogP) is 3.03. The summed E-state index contributed by atoms with van der Waals surface area (Å²) in [6.07, 6.45) is 5.79. The van der Waals surface area contributed by atoms with Gasteiger partial charge >= 0.3 is 0 Å². The molecule has 7 heteroatoms. The second-order valence-electron chi connectivity index (χ2n) is 7.12. The third kappa shape index (κ3) is 7.26. The van der Waals surface area contributed by atoms with Crippen LogP contribution in [-0.4, -0.2) is 54.7 Å². The summed E-state index contributed by atoms with van der Waals surface area (Å²) < 4.78 is 5.09. The van der Waals surface area contributed by atoms with Crippen molar-refractivity contribution < 1.29 is 4.74 Å². The van der Waals surface area contributed by atoms with Crippen LogP contribution in [0.15, 0.2) is 23.3 Å². The fraction of sp³-hybridized carbons (Fsp3) is 0.684. The standard InChI is InChI=1S/C19H33N5O.HI/c1-5-20-18(22-14-16-9-10-17(25-4)21-13-16)23-15-19(2,3)24-11-7-6-8-12-24;/h9-10,13H,5-8,11-12,14-15H2,1-4H3,(H2,20,22,23);1H. The van der Waals surface area contributed by atoms with Gasteiger partial charge in [0.25, 0.3) is 0 Å². The summed E-state index contributed by atoms with van der Waals surface area (Å²) >= 11 is 0. The fourth-order valence-corrected chi connectivity index (χ4v) is 3.05. The molecule has 2 N–H and O–H groups in total. The highest BCUT2D eigenvalue weighted by Gasteiger charge is 2.27. The number of ether oxygens (including phenoxy) is 1. The Morgan fingerprint density at radius 3 is 2.54 bits per heavy atom. The van der Waals surface area contributed by atoms with E-state index in [0.29, 0.717) is 12.4 Å². The average molecular weight is 475 g/mol. The minimum absolute atomic E-state index is 0. The molecule has 1 aromatic heterocycles. The topological polar surface area (TPSA) is 61.8 Å². The summed E-state index contributed by atoms with van der Waals surface area (Å²) in [5, 5.41) is 6.83. The van der Waals surface area contributed by atoms with E-state index < -0.39 is 0 Å². The SMILES string of the molecule is CCNC(=NCc1ccc(OC)nc1)NCC(C)(C)N1CCCCC1.I. The number of piperidine rings is 1. The third-order valence-electron chi connectivity index (χ3n) is 4.67. The Kier molecular flexibility index (Phi) is 10.2. The number of rotatable bonds is 7. The normalized spacial score (nSPS) is 15.9. The molecule has 0 radical (unpaired) electrons. The van der Waals surface area contributed by atoms with Gasteiger partial charge in [0.15, 0.2) is 5.96 Å². The lowest BCUT2D eigenvalue weighted by molar-refractivity contribution is 0.0982. The van der Waals surface area contributed by atoms with Crippen LogP contribution in [0.25, 0.3) is 0 Å². The number of aromatic nitrogens is 1. The average Bonchev–Trinajstić information content (AvgIpc) is 2.65. The first-order chi connectivity index (χ1) is 12.0. The van der Waals surface area contributed by atoms with Crippen molar-refractivity contribution in [2.24, 2.45) is 4.99 Å². The van der Waals surface area contributed by atoms with Gasteiger partial charge in [0.1, 0.15) is 0 Å². The van der Waals surface area contributed by atoms with Crippen molar-refractivity contribution >= 4 is 29.9 Å². The maximum atomic E-state index is 5.09. The number of nitrogens with one attached hydrogen (secondary N) is 2. The lowest BCUT2D eigenvalue weighted by atomic mass is 9.98. The first-order valence-electron chi connectivity index (χ1n) is 9.31. The molecule has 26 heavy (non-hydrogen) atoms. The van der Waals surface area contributed by atoms with Gasteiger partial charge < -0.3 is 15.4 Å². The molecule has 1 aliphatic heterocycles. The van der Waals surface area contributed by atoms with Gasteiger partial charge in [-0.05, 0) is 52.3 Å². The molecule has 2 heterocycles. The van der Waals surface area contributed by atoms with Crippen LogP contribution in [0.4, 0.5) is 0 Å². The first-order valence-corrected chi connectivity index (χ1v) is 9.31. The van der Waals surface area contributed by atoms with Crippen LogP contribution in [-0.2, 0) is 6.54 Å². The summed E-state index contributed by atoms with van der Waals surface area (Å²) in [4.78, 5) is 11.5. The van der Waals surface area contributed by atoms with Crippen LogP contribution in [0.2, 0.25) is 0 Å². The van der Waals surface area contributed by atoms with Gasteiger partial charge in [-0.2, -0.15) is 0 Å². The summed E-state index contributed by atoms with van der Waals surface area (Å²) in [5.74, 6) is 1.48. The van der Waals surface area contributed by atoms with Crippen molar-refractivity contribution in [2.75, 3.05) is 33.3 Å². The molecule has 1 saturated heterocycles. The Morgan fingerprint density at radius 2 is 1.96 bits per heavy atom. The second kappa shape index (κ2) is 11.6. The zero-order valence-corrected chi connectivity index (χ0v) is 18.9. The molecular weight excluding hydrogens is 441 g/mol. The smallest absolute Gasteiger partial charge is 0.212 e. The Hall–Kier alpha value is -1.09. The van der Waals surface area contributed by atoms with Crippen LogP contribution >= 0.6 is 24.0 Å². The molecule has 1 aliphatic rings. The maximum absolute atomic E-state index is 5.09. The van der Waals surface area contributed by atoms with Crippen molar-refractivity contribution in [3.8, 4) is 5.88 Å². The fourth-order valence-electron chi connectivity index (χ4n) is 3.05. The minimum atomic E-state index is 0. The molecule has 0 atom stereocenters. The molecule has 2 rings (SSSR count). The number of pyridine rings is 1. The number of guanidine groups is 1. The largest absolute Gasteiger partial charge is 0.481 e. The molecular formula is C19H34IN5O. The Morgan fingerprint density at radius 1 is 1.23 bits per heavy atom. The van der Waals surface area contributed by atoms with Gasteiger partial charge in [-0.25, -0.2) is 9.98 Å². The van der Waals surface area contributed by atoms with Gasteiger partial charge in [0, 0.05) is 30.9 Å².